The summed E-state index contributed by atoms with van der Waals surface area (Å²) in [5, 5.41) is 2.60. The highest BCUT2D eigenvalue weighted by Crippen LogP contribution is 2.22. The van der Waals surface area contributed by atoms with Gasteiger partial charge in [0.1, 0.15) is 0 Å². The summed E-state index contributed by atoms with van der Waals surface area (Å²) in [4.78, 5) is 48.8. The average Bonchev–Trinajstić information content (AvgIpc) is 2.80. The Labute approximate surface area is 138 Å². The van der Waals surface area contributed by atoms with Crippen molar-refractivity contribution in [2.45, 2.75) is 6.92 Å². The molecule has 1 aliphatic heterocycles. The third-order valence-corrected chi connectivity index (χ3v) is 3.71. The molecule has 0 atom stereocenters. The van der Waals surface area contributed by atoms with Crippen LogP contribution in [-0.2, 0) is 4.79 Å². The summed E-state index contributed by atoms with van der Waals surface area (Å²) in [6.07, 6.45) is 0. The van der Waals surface area contributed by atoms with Crippen LogP contribution in [0.1, 0.15) is 38.0 Å². The fraction of sp³-hybridized carbons (Fsp3) is 0.111. The molecule has 1 aliphatic rings. The first-order valence-corrected chi connectivity index (χ1v) is 7.33. The first-order chi connectivity index (χ1) is 11.5. The zero-order valence-electron chi connectivity index (χ0n) is 12.9. The van der Waals surface area contributed by atoms with Crippen LogP contribution in [0, 0.1) is 0 Å². The van der Waals surface area contributed by atoms with Gasteiger partial charge in [-0.15, -0.1) is 0 Å². The monoisotopic (exact) mass is 322 g/mol. The number of carbonyl (C=O) groups is 4. The molecule has 1 heterocycles. The van der Waals surface area contributed by atoms with E-state index >= 15 is 0 Å². The van der Waals surface area contributed by atoms with Gasteiger partial charge in [-0.3, -0.25) is 24.1 Å². The number of anilines is 1. The summed E-state index contributed by atoms with van der Waals surface area (Å²) in [5.74, 6) is -1.48. The molecule has 0 fully saturated rings. The van der Waals surface area contributed by atoms with Crippen molar-refractivity contribution >= 4 is 29.2 Å². The minimum Gasteiger partial charge on any atom is -0.326 e. The molecule has 0 radical (unpaired) electrons. The van der Waals surface area contributed by atoms with E-state index < -0.39 is 11.8 Å². The zero-order chi connectivity index (χ0) is 17.3. The lowest BCUT2D eigenvalue weighted by atomic mass is 10.1. The van der Waals surface area contributed by atoms with Crippen LogP contribution in [0.25, 0.3) is 0 Å². The maximum atomic E-state index is 12.3. The smallest absolute Gasteiger partial charge is 0.261 e. The van der Waals surface area contributed by atoms with Gasteiger partial charge in [-0.25, -0.2) is 0 Å². The summed E-state index contributed by atoms with van der Waals surface area (Å²) >= 11 is 0. The van der Waals surface area contributed by atoms with Crippen LogP contribution in [0.3, 0.4) is 0 Å². The summed E-state index contributed by atoms with van der Waals surface area (Å²) in [6, 6.07) is 12.8. The molecule has 0 saturated carbocycles. The molecular weight excluding hydrogens is 308 g/mol. The molecule has 0 aliphatic carbocycles. The van der Waals surface area contributed by atoms with Crippen LogP contribution in [0.5, 0.6) is 0 Å². The van der Waals surface area contributed by atoms with Gasteiger partial charge in [0.2, 0.25) is 5.91 Å². The molecule has 2 aromatic rings. The largest absolute Gasteiger partial charge is 0.326 e. The molecular formula is C18H14N2O4. The third-order valence-electron chi connectivity index (χ3n) is 3.71. The number of carbonyl (C=O) groups excluding carboxylic acids is 4. The normalized spacial score (nSPS) is 13.0. The highest BCUT2D eigenvalue weighted by atomic mass is 16.2. The Balaban J connectivity index is 1.75. The van der Waals surface area contributed by atoms with Gasteiger partial charge in [-0.05, 0) is 36.4 Å². The summed E-state index contributed by atoms with van der Waals surface area (Å²) < 4.78 is 0. The topological polar surface area (TPSA) is 83.6 Å². The number of ketones is 1. The van der Waals surface area contributed by atoms with Crippen molar-refractivity contribution in [3.8, 4) is 0 Å². The SMILES string of the molecule is CC(=O)Nc1ccc(C(=O)CN2C(=O)c3ccccc3C2=O)cc1. The minimum atomic E-state index is -0.459. The van der Waals surface area contributed by atoms with E-state index in [4.69, 9.17) is 0 Å². The molecule has 0 spiro atoms. The molecule has 24 heavy (non-hydrogen) atoms. The van der Waals surface area contributed by atoms with Gasteiger partial charge in [0.15, 0.2) is 5.78 Å². The number of hydrogen-bond donors (Lipinski definition) is 1. The van der Waals surface area contributed by atoms with E-state index in [-0.39, 0.29) is 18.2 Å². The quantitative estimate of drug-likeness (QED) is 0.690. The molecule has 3 amide bonds. The second-order valence-electron chi connectivity index (χ2n) is 5.42. The number of nitrogens with one attached hydrogen (secondary N) is 1. The Kier molecular flexibility index (Phi) is 3.95. The maximum Gasteiger partial charge on any atom is 0.261 e. The standard InChI is InChI=1S/C18H14N2O4/c1-11(21)19-13-8-6-12(7-9-13)16(22)10-20-17(23)14-4-2-3-5-15(14)18(20)24/h2-9H,10H2,1H3,(H,19,21). The molecule has 0 bridgehead atoms. The van der Waals surface area contributed by atoms with Crippen LogP contribution in [0.2, 0.25) is 0 Å². The Morgan fingerprint density at radius 1 is 0.917 bits per heavy atom. The lowest BCUT2D eigenvalue weighted by Crippen LogP contribution is -2.34. The predicted octanol–water partition coefficient (Wildman–Crippen LogP) is 2.12. The van der Waals surface area contributed by atoms with E-state index in [1.165, 1.54) is 6.92 Å². The van der Waals surface area contributed by atoms with Crippen LogP contribution in [0.15, 0.2) is 48.5 Å². The minimum absolute atomic E-state index is 0.208. The summed E-state index contributed by atoms with van der Waals surface area (Å²) in [7, 11) is 0. The van der Waals surface area contributed by atoms with E-state index in [1.807, 2.05) is 0 Å². The van der Waals surface area contributed by atoms with Crippen molar-refractivity contribution in [2.24, 2.45) is 0 Å². The first kappa shape index (κ1) is 15.6. The van der Waals surface area contributed by atoms with Crippen LogP contribution >= 0.6 is 0 Å². The van der Waals surface area contributed by atoms with E-state index in [2.05, 4.69) is 5.32 Å². The Morgan fingerprint density at radius 3 is 1.96 bits per heavy atom. The number of hydrogen-bond acceptors (Lipinski definition) is 4. The van der Waals surface area contributed by atoms with Gasteiger partial charge in [0.25, 0.3) is 11.8 Å². The van der Waals surface area contributed by atoms with Gasteiger partial charge in [0, 0.05) is 18.2 Å². The molecule has 3 rings (SSSR count). The Bertz CT molecular complexity index is 821. The maximum absolute atomic E-state index is 12.3. The Morgan fingerprint density at radius 2 is 1.46 bits per heavy atom. The Hall–Kier alpha value is -3.28. The van der Waals surface area contributed by atoms with Crippen molar-refractivity contribution in [3.63, 3.8) is 0 Å². The number of amides is 3. The number of nitrogens with zero attached hydrogens (tertiary/aromatic N) is 1. The van der Waals surface area contributed by atoms with Crippen molar-refractivity contribution in [3.05, 3.63) is 65.2 Å². The second-order valence-corrected chi connectivity index (χ2v) is 5.42. The van der Waals surface area contributed by atoms with Crippen LogP contribution in [-0.4, -0.2) is 34.9 Å². The zero-order valence-corrected chi connectivity index (χ0v) is 12.9. The average molecular weight is 322 g/mol. The van der Waals surface area contributed by atoms with Crippen molar-refractivity contribution < 1.29 is 19.2 Å². The summed E-state index contributed by atoms with van der Waals surface area (Å²) in [6.45, 7) is 1.08. The van der Waals surface area contributed by atoms with Crippen molar-refractivity contribution in [1.29, 1.82) is 0 Å². The fourth-order valence-electron chi connectivity index (χ4n) is 2.56. The van der Waals surface area contributed by atoms with Crippen LogP contribution in [0.4, 0.5) is 5.69 Å². The second kappa shape index (κ2) is 6.08. The molecule has 120 valence electrons. The van der Waals surface area contributed by atoms with E-state index in [0.717, 1.165) is 4.90 Å². The third kappa shape index (κ3) is 2.81. The van der Waals surface area contributed by atoms with Gasteiger partial charge in [-0.2, -0.15) is 0 Å². The van der Waals surface area contributed by atoms with E-state index in [9.17, 15) is 19.2 Å². The molecule has 2 aromatic carbocycles. The number of fused-ring (bicyclic) bond motifs is 1. The lowest BCUT2D eigenvalue weighted by Gasteiger charge is -2.13. The van der Waals surface area contributed by atoms with Gasteiger partial charge in [0.05, 0.1) is 17.7 Å². The number of imide groups is 1. The molecule has 0 unspecified atom stereocenters. The number of Topliss-reactive ketones (excluding diaryl/α,β-unsaturated/α-hetero) is 1. The first-order valence-electron chi connectivity index (χ1n) is 7.33. The fourth-order valence-corrected chi connectivity index (χ4v) is 2.56. The highest BCUT2D eigenvalue weighted by Gasteiger charge is 2.36. The summed E-state index contributed by atoms with van der Waals surface area (Å²) in [5.41, 5.74) is 1.56. The molecule has 0 aromatic heterocycles. The predicted molar refractivity (Wildman–Crippen MR) is 86.9 cm³/mol. The lowest BCUT2D eigenvalue weighted by molar-refractivity contribution is -0.114. The highest BCUT2D eigenvalue weighted by molar-refractivity contribution is 6.23. The molecule has 6 heteroatoms. The van der Waals surface area contributed by atoms with Gasteiger partial charge < -0.3 is 5.32 Å². The van der Waals surface area contributed by atoms with Gasteiger partial charge in [-0.1, -0.05) is 12.1 Å². The molecule has 6 nitrogen and oxygen atoms in total. The van der Waals surface area contributed by atoms with Crippen molar-refractivity contribution in [1.82, 2.24) is 4.90 Å². The van der Waals surface area contributed by atoms with Crippen molar-refractivity contribution in [2.75, 3.05) is 11.9 Å². The van der Waals surface area contributed by atoms with Crippen LogP contribution < -0.4 is 5.32 Å². The van der Waals surface area contributed by atoms with E-state index in [0.29, 0.717) is 22.4 Å². The number of benzene rings is 2. The van der Waals surface area contributed by atoms with Gasteiger partial charge >= 0.3 is 0 Å². The number of rotatable bonds is 4. The van der Waals surface area contributed by atoms with E-state index in [1.54, 1.807) is 48.5 Å². The molecule has 0 saturated heterocycles. The molecule has 1 N–H and O–H groups in total.